The molecule has 0 spiro atoms. The van der Waals surface area contributed by atoms with E-state index in [1.54, 1.807) is 0 Å². The highest BCUT2D eigenvalue weighted by molar-refractivity contribution is 7.80. The standard InChI is InChI=1S/C11H22O2S/c1-9(2)10(8-14)6-12-7-11-4-3-5-13-11/h9-11,14H,3-8H2,1-2H3. The zero-order chi connectivity index (χ0) is 10.4. The van der Waals surface area contributed by atoms with Crippen molar-refractivity contribution in [2.24, 2.45) is 11.8 Å². The maximum absolute atomic E-state index is 5.66. The van der Waals surface area contributed by atoms with Crippen molar-refractivity contribution < 1.29 is 9.47 Å². The minimum atomic E-state index is 0.350. The van der Waals surface area contributed by atoms with E-state index in [0.717, 1.165) is 32.0 Å². The average molecular weight is 218 g/mol. The van der Waals surface area contributed by atoms with Gasteiger partial charge in [-0.3, -0.25) is 0 Å². The molecule has 0 aliphatic carbocycles. The Hall–Kier alpha value is 0.270. The Morgan fingerprint density at radius 2 is 2.29 bits per heavy atom. The first kappa shape index (κ1) is 12.3. The lowest BCUT2D eigenvalue weighted by Gasteiger charge is -2.19. The first-order valence-corrected chi connectivity index (χ1v) is 6.17. The molecular formula is C11H22O2S. The van der Waals surface area contributed by atoms with Crippen molar-refractivity contribution in [1.29, 1.82) is 0 Å². The molecular weight excluding hydrogens is 196 g/mol. The predicted molar refractivity (Wildman–Crippen MR) is 62.0 cm³/mol. The second kappa shape index (κ2) is 6.70. The van der Waals surface area contributed by atoms with Crippen LogP contribution in [0.1, 0.15) is 26.7 Å². The monoisotopic (exact) mass is 218 g/mol. The smallest absolute Gasteiger partial charge is 0.0809 e. The molecule has 3 heteroatoms. The minimum absolute atomic E-state index is 0.350. The van der Waals surface area contributed by atoms with Gasteiger partial charge in [0.2, 0.25) is 0 Å². The van der Waals surface area contributed by atoms with E-state index in [4.69, 9.17) is 9.47 Å². The zero-order valence-corrected chi connectivity index (χ0v) is 10.1. The summed E-state index contributed by atoms with van der Waals surface area (Å²) in [5, 5.41) is 0. The van der Waals surface area contributed by atoms with E-state index >= 15 is 0 Å². The maximum atomic E-state index is 5.66. The predicted octanol–water partition coefficient (Wildman–Crippen LogP) is 2.38. The van der Waals surface area contributed by atoms with Crippen molar-refractivity contribution >= 4 is 12.6 Å². The topological polar surface area (TPSA) is 18.5 Å². The third-order valence-corrected chi connectivity index (χ3v) is 3.31. The summed E-state index contributed by atoms with van der Waals surface area (Å²) in [6.45, 7) is 6.93. The molecule has 1 aliphatic heterocycles. The minimum Gasteiger partial charge on any atom is -0.378 e. The molecule has 0 saturated carbocycles. The molecule has 14 heavy (non-hydrogen) atoms. The summed E-state index contributed by atoms with van der Waals surface area (Å²) in [5.74, 6) is 2.13. The van der Waals surface area contributed by atoms with Crippen molar-refractivity contribution in [1.82, 2.24) is 0 Å². The zero-order valence-electron chi connectivity index (χ0n) is 9.24. The molecule has 84 valence electrons. The summed E-state index contributed by atoms with van der Waals surface area (Å²) >= 11 is 4.33. The van der Waals surface area contributed by atoms with E-state index in [9.17, 15) is 0 Å². The quantitative estimate of drug-likeness (QED) is 0.690. The van der Waals surface area contributed by atoms with E-state index in [1.165, 1.54) is 6.42 Å². The number of ether oxygens (including phenoxy) is 2. The van der Waals surface area contributed by atoms with Crippen LogP contribution < -0.4 is 0 Å². The van der Waals surface area contributed by atoms with Crippen molar-refractivity contribution in [2.75, 3.05) is 25.6 Å². The molecule has 0 aromatic carbocycles. The van der Waals surface area contributed by atoms with Crippen LogP contribution in [0.4, 0.5) is 0 Å². The van der Waals surface area contributed by atoms with Gasteiger partial charge in [0.1, 0.15) is 0 Å². The fourth-order valence-electron chi connectivity index (χ4n) is 1.58. The molecule has 1 heterocycles. The Kier molecular flexibility index (Phi) is 5.90. The highest BCUT2D eigenvalue weighted by Crippen LogP contribution is 2.15. The molecule has 0 aromatic rings. The van der Waals surface area contributed by atoms with Gasteiger partial charge in [0.05, 0.1) is 19.3 Å². The van der Waals surface area contributed by atoms with Crippen LogP contribution in [-0.2, 0) is 9.47 Å². The Labute approximate surface area is 92.8 Å². The number of rotatable bonds is 6. The molecule has 2 unspecified atom stereocenters. The summed E-state index contributed by atoms with van der Waals surface area (Å²) in [6.07, 6.45) is 2.70. The van der Waals surface area contributed by atoms with Gasteiger partial charge in [-0.2, -0.15) is 12.6 Å². The van der Waals surface area contributed by atoms with Crippen LogP contribution in [-0.4, -0.2) is 31.7 Å². The molecule has 0 radical (unpaired) electrons. The van der Waals surface area contributed by atoms with Gasteiger partial charge in [0.15, 0.2) is 0 Å². The number of hydrogen-bond donors (Lipinski definition) is 1. The Balaban J connectivity index is 2.06. The Morgan fingerprint density at radius 3 is 2.79 bits per heavy atom. The molecule has 0 bridgehead atoms. The van der Waals surface area contributed by atoms with Gasteiger partial charge in [0, 0.05) is 6.61 Å². The van der Waals surface area contributed by atoms with Gasteiger partial charge in [-0.25, -0.2) is 0 Å². The first-order valence-electron chi connectivity index (χ1n) is 5.54. The van der Waals surface area contributed by atoms with Gasteiger partial charge in [-0.05, 0) is 30.4 Å². The lowest BCUT2D eigenvalue weighted by atomic mass is 9.99. The van der Waals surface area contributed by atoms with Gasteiger partial charge < -0.3 is 9.47 Å². The van der Waals surface area contributed by atoms with E-state index in [-0.39, 0.29) is 0 Å². The lowest BCUT2D eigenvalue weighted by Crippen LogP contribution is -2.22. The van der Waals surface area contributed by atoms with Gasteiger partial charge in [0.25, 0.3) is 0 Å². The molecule has 1 fully saturated rings. The first-order chi connectivity index (χ1) is 6.74. The number of hydrogen-bond acceptors (Lipinski definition) is 3. The maximum Gasteiger partial charge on any atom is 0.0809 e. The molecule has 2 atom stereocenters. The largest absolute Gasteiger partial charge is 0.378 e. The van der Waals surface area contributed by atoms with Crippen LogP contribution >= 0.6 is 12.6 Å². The van der Waals surface area contributed by atoms with E-state index < -0.39 is 0 Å². The highest BCUT2D eigenvalue weighted by atomic mass is 32.1. The van der Waals surface area contributed by atoms with Crippen molar-refractivity contribution in [3.05, 3.63) is 0 Å². The van der Waals surface area contributed by atoms with E-state index in [1.807, 2.05) is 0 Å². The summed E-state index contributed by atoms with van der Waals surface area (Å²) in [5.41, 5.74) is 0. The van der Waals surface area contributed by atoms with Crippen molar-refractivity contribution in [2.45, 2.75) is 32.8 Å². The normalized spacial score (nSPS) is 24.4. The van der Waals surface area contributed by atoms with Crippen LogP contribution in [0.15, 0.2) is 0 Å². The van der Waals surface area contributed by atoms with Crippen LogP contribution in [0, 0.1) is 11.8 Å². The summed E-state index contributed by atoms with van der Waals surface area (Å²) in [4.78, 5) is 0. The van der Waals surface area contributed by atoms with Gasteiger partial charge in [-0.1, -0.05) is 13.8 Å². The summed E-state index contributed by atoms with van der Waals surface area (Å²) in [6, 6.07) is 0. The molecule has 2 nitrogen and oxygen atoms in total. The molecule has 0 N–H and O–H groups in total. The van der Waals surface area contributed by atoms with Crippen LogP contribution in [0.2, 0.25) is 0 Å². The second-order valence-corrected chi connectivity index (χ2v) is 4.72. The molecule has 1 rings (SSSR count). The van der Waals surface area contributed by atoms with Crippen LogP contribution in [0.3, 0.4) is 0 Å². The van der Waals surface area contributed by atoms with Gasteiger partial charge >= 0.3 is 0 Å². The van der Waals surface area contributed by atoms with Crippen molar-refractivity contribution in [3.8, 4) is 0 Å². The van der Waals surface area contributed by atoms with E-state index in [0.29, 0.717) is 17.9 Å². The molecule has 1 saturated heterocycles. The van der Waals surface area contributed by atoms with Crippen molar-refractivity contribution in [3.63, 3.8) is 0 Å². The SMILES string of the molecule is CC(C)C(CS)COCC1CCCO1. The molecule has 0 aromatic heterocycles. The second-order valence-electron chi connectivity index (χ2n) is 4.36. The fraction of sp³-hybridized carbons (Fsp3) is 1.00. The number of thiol groups is 1. The summed E-state index contributed by atoms with van der Waals surface area (Å²) < 4.78 is 11.1. The molecule has 1 aliphatic rings. The fourth-order valence-corrected chi connectivity index (χ4v) is 2.11. The van der Waals surface area contributed by atoms with Crippen LogP contribution in [0.5, 0.6) is 0 Å². The average Bonchev–Trinajstić information content (AvgIpc) is 2.64. The van der Waals surface area contributed by atoms with Crippen LogP contribution in [0.25, 0.3) is 0 Å². The van der Waals surface area contributed by atoms with Gasteiger partial charge in [-0.15, -0.1) is 0 Å². The molecule has 0 amide bonds. The third kappa shape index (κ3) is 4.20. The lowest BCUT2D eigenvalue weighted by molar-refractivity contribution is 0.00291. The summed E-state index contributed by atoms with van der Waals surface area (Å²) in [7, 11) is 0. The third-order valence-electron chi connectivity index (χ3n) is 2.84. The Bertz CT molecular complexity index is 144. The highest BCUT2D eigenvalue weighted by Gasteiger charge is 2.17. The van der Waals surface area contributed by atoms with E-state index in [2.05, 4.69) is 26.5 Å². The Morgan fingerprint density at radius 1 is 1.50 bits per heavy atom.